The van der Waals surface area contributed by atoms with Crippen LogP contribution in [0.3, 0.4) is 0 Å². The summed E-state index contributed by atoms with van der Waals surface area (Å²) >= 11 is 0. The summed E-state index contributed by atoms with van der Waals surface area (Å²) in [6.45, 7) is 8.28. The van der Waals surface area contributed by atoms with Gasteiger partial charge in [0.1, 0.15) is 0 Å². The molecule has 1 aliphatic heterocycles. The lowest BCUT2D eigenvalue weighted by Gasteiger charge is -2.18. The van der Waals surface area contributed by atoms with Gasteiger partial charge in [-0.2, -0.15) is 0 Å². The lowest BCUT2D eigenvalue weighted by atomic mass is 9.99. The van der Waals surface area contributed by atoms with Crippen molar-refractivity contribution in [3.8, 4) is 0 Å². The molecule has 0 aliphatic carbocycles. The summed E-state index contributed by atoms with van der Waals surface area (Å²) in [5.41, 5.74) is 3.72. The molecule has 1 saturated heterocycles. The summed E-state index contributed by atoms with van der Waals surface area (Å²) in [6, 6.07) is 6.47. The van der Waals surface area contributed by atoms with Crippen molar-refractivity contribution >= 4 is 5.91 Å². The quantitative estimate of drug-likeness (QED) is 0.873. The Bertz CT molecular complexity index is 450. The molecule has 0 bridgehead atoms. The van der Waals surface area contributed by atoms with Crippen LogP contribution >= 0.6 is 0 Å². The molecule has 19 heavy (non-hydrogen) atoms. The molecule has 2 unspecified atom stereocenters. The molecule has 1 amide bonds. The average Bonchev–Trinajstić information content (AvgIpc) is 2.81. The van der Waals surface area contributed by atoms with E-state index in [1.54, 1.807) is 0 Å². The van der Waals surface area contributed by atoms with Crippen molar-refractivity contribution in [2.75, 3.05) is 13.1 Å². The minimum atomic E-state index is 0.0856. The van der Waals surface area contributed by atoms with Gasteiger partial charge in [0, 0.05) is 6.42 Å². The summed E-state index contributed by atoms with van der Waals surface area (Å²) in [7, 11) is 0. The Hall–Kier alpha value is -1.35. The van der Waals surface area contributed by atoms with Crippen LogP contribution in [0.2, 0.25) is 0 Å². The summed E-state index contributed by atoms with van der Waals surface area (Å²) in [5, 5.41) is 6.41. The first kappa shape index (κ1) is 14.1. The van der Waals surface area contributed by atoms with Gasteiger partial charge in [0.05, 0.1) is 6.04 Å². The fraction of sp³-hybridized carbons (Fsp3) is 0.562. The highest BCUT2D eigenvalue weighted by atomic mass is 16.1. The van der Waals surface area contributed by atoms with Crippen molar-refractivity contribution < 1.29 is 4.79 Å². The van der Waals surface area contributed by atoms with Gasteiger partial charge in [0.25, 0.3) is 0 Å². The Morgan fingerprint density at radius 1 is 1.47 bits per heavy atom. The molecule has 2 N–H and O–H groups in total. The SMILES string of the molecule is Cc1ccc(C(C)NC(=O)CC2CCNC2)c(C)c1. The predicted octanol–water partition coefficient (Wildman–Crippen LogP) is 2.48. The van der Waals surface area contributed by atoms with Crippen molar-refractivity contribution in [2.45, 2.75) is 39.7 Å². The molecule has 104 valence electrons. The molecule has 3 nitrogen and oxygen atoms in total. The van der Waals surface area contributed by atoms with Gasteiger partial charge in [-0.3, -0.25) is 4.79 Å². The second kappa shape index (κ2) is 6.20. The maximum Gasteiger partial charge on any atom is 0.220 e. The van der Waals surface area contributed by atoms with E-state index in [0.717, 1.165) is 19.5 Å². The van der Waals surface area contributed by atoms with Gasteiger partial charge in [0.2, 0.25) is 5.91 Å². The number of carbonyl (C=O) groups is 1. The van der Waals surface area contributed by atoms with E-state index in [9.17, 15) is 4.79 Å². The van der Waals surface area contributed by atoms with E-state index in [2.05, 4.69) is 49.6 Å². The van der Waals surface area contributed by atoms with Gasteiger partial charge in [-0.25, -0.2) is 0 Å². The van der Waals surface area contributed by atoms with Crippen LogP contribution in [0, 0.1) is 19.8 Å². The zero-order valence-corrected chi connectivity index (χ0v) is 12.1. The third-order valence-corrected chi connectivity index (χ3v) is 3.91. The first-order valence-corrected chi connectivity index (χ1v) is 7.13. The first-order valence-electron chi connectivity index (χ1n) is 7.13. The van der Waals surface area contributed by atoms with Gasteiger partial charge >= 0.3 is 0 Å². The van der Waals surface area contributed by atoms with Gasteiger partial charge in [-0.05, 0) is 57.3 Å². The van der Waals surface area contributed by atoms with E-state index in [4.69, 9.17) is 0 Å². The summed E-state index contributed by atoms with van der Waals surface area (Å²) < 4.78 is 0. The van der Waals surface area contributed by atoms with Crippen LogP contribution in [0.5, 0.6) is 0 Å². The lowest BCUT2D eigenvalue weighted by Crippen LogP contribution is -2.29. The molecule has 1 heterocycles. The van der Waals surface area contributed by atoms with Crippen molar-refractivity contribution in [1.82, 2.24) is 10.6 Å². The molecule has 2 rings (SSSR count). The maximum absolute atomic E-state index is 12.0. The van der Waals surface area contributed by atoms with E-state index in [0.29, 0.717) is 12.3 Å². The summed E-state index contributed by atoms with van der Waals surface area (Å²) in [5.74, 6) is 0.674. The molecule has 1 fully saturated rings. The minimum absolute atomic E-state index is 0.0856. The van der Waals surface area contributed by atoms with Crippen LogP contribution < -0.4 is 10.6 Å². The third kappa shape index (κ3) is 3.80. The second-order valence-corrected chi connectivity index (χ2v) is 5.71. The number of hydrogen-bond acceptors (Lipinski definition) is 2. The van der Waals surface area contributed by atoms with Crippen molar-refractivity contribution in [3.05, 3.63) is 34.9 Å². The molecule has 1 aliphatic rings. The maximum atomic E-state index is 12.0. The van der Waals surface area contributed by atoms with E-state index in [1.165, 1.54) is 16.7 Å². The number of hydrogen-bond donors (Lipinski definition) is 2. The summed E-state index contributed by atoms with van der Waals surface area (Å²) in [6.07, 6.45) is 1.76. The first-order chi connectivity index (χ1) is 9.06. The number of rotatable bonds is 4. The van der Waals surface area contributed by atoms with Crippen LogP contribution in [0.25, 0.3) is 0 Å². The minimum Gasteiger partial charge on any atom is -0.350 e. The number of amides is 1. The van der Waals surface area contributed by atoms with Gasteiger partial charge in [-0.1, -0.05) is 23.8 Å². The Balaban J connectivity index is 1.92. The summed E-state index contributed by atoms with van der Waals surface area (Å²) in [4.78, 5) is 12.0. The Morgan fingerprint density at radius 2 is 2.26 bits per heavy atom. The molecular formula is C16H24N2O. The topological polar surface area (TPSA) is 41.1 Å². The molecule has 1 aromatic rings. The predicted molar refractivity (Wildman–Crippen MR) is 78.1 cm³/mol. The van der Waals surface area contributed by atoms with Gasteiger partial charge in [-0.15, -0.1) is 0 Å². The Labute approximate surface area is 115 Å². The fourth-order valence-electron chi connectivity index (χ4n) is 2.84. The van der Waals surface area contributed by atoms with Crippen LogP contribution in [-0.4, -0.2) is 19.0 Å². The van der Waals surface area contributed by atoms with Crippen molar-refractivity contribution in [2.24, 2.45) is 5.92 Å². The monoisotopic (exact) mass is 260 g/mol. The lowest BCUT2D eigenvalue weighted by molar-refractivity contribution is -0.122. The molecule has 3 heteroatoms. The largest absolute Gasteiger partial charge is 0.350 e. The highest BCUT2D eigenvalue weighted by Crippen LogP contribution is 2.19. The van der Waals surface area contributed by atoms with Gasteiger partial charge < -0.3 is 10.6 Å². The highest BCUT2D eigenvalue weighted by Gasteiger charge is 2.19. The van der Waals surface area contributed by atoms with E-state index in [1.807, 2.05) is 0 Å². The molecular weight excluding hydrogens is 236 g/mol. The van der Waals surface area contributed by atoms with Crippen LogP contribution in [-0.2, 0) is 4.79 Å². The van der Waals surface area contributed by atoms with Gasteiger partial charge in [0.15, 0.2) is 0 Å². The fourth-order valence-corrected chi connectivity index (χ4v) is 2.84. The molecule has 0 spiro atoms. The van der Waals surface area contributed by atoms with E-state index in [-0.39, 0.29) is 11.9 Å². The third-order valence-electron chi connectivity index (χ3n) is 3.91. The highest BCUT2D eigenvalue weighted by molar-refractivity contribution is 5.76. The second-order valence-electron chi connectivity index (χ2n) is 5.71. The zero-order chi connectivity index (χ0) is 13.8. The number of carbonyl (C=O) groups excluding carboxylic acids is 1. The number of benzene rings is 1. The molecule has 1 aromatic carbocycles. The van der Waals surface area contributed by atoms with E-state index >= 15 is 0 Å². The Kier molecular flexibility index (Phi) is 4.59. The molecule has 0 saturated carbocycles. The number of aryl methyl sites for hydroxylation is 2. The normalized spacial score (nSPS) is 20.3. The van der Waals surface area contributed by atoms with Crippen molar-refractivity contribution in [3.63, 3.8) is 0 Å². The number of nitrogens with one attached hydrogen (secondary N) is 2. The standard InChI is InChI=1S/C16H24N2O/c1-11-4-5-15(12(2)8-11)13(3)18-16(19)9-14-6-7-17-10-14/h4-5,8,13-14,17H,6-7,9-10H2,1-3H3,(H,18,19). The van der Waals surface area contributed by atoms with E-state index < -0.39 is 0 Å². The van der Waals surface area contributed by atoms with Crippen LogP contribution in [0.4, 0.5) is 0 Å². The zero-order valence-electron chi connectivity index (χ0n) is 12.1. The Morgan fingerprint density at radius 3 is 2.89 bits per heavy atom. The molecule has 0 aromatic heterocycles. The average molecular weight is 260 g/mol. The van der Waals surface area contributed by atoms with Crippen LogP contribution in [0.15, 0.2) is 18.2 Å². The smallest absolute Gasteiger partial charge is 0.220 e. The van der Waals surface area contributed by atoms with Crippen molar-refractivity contribution in [1.29, 1.82) is 0 Å². The molecule has 2 atom stereocenters. The molecule has 0 radical (unpaired) electrons. The van der Waals surface area contributed by atoms with Crippen LogP contribution in [0.1, 0.15) is 42.5 Å².